The topological polar surface area (TPSA) is 58.5 Å². The number of guanidine groups is 1. The SMILES string of the molecule is CN=C(NCc1ccc(C)cc1OCC1CC1)NCc1sc(C)nc1C. The first-order valence-corrected chi connectivity index (χ1v) is 9.96. The van der Waals surface area contributed by atoms with Crippen LogP contribution in [0.25, 0.3) is 0 Å². The molecule has 1 heterocycles. The van der Waals surface area contributed by atoms with E-state index in [1.165, 1.54) is 23.3 Å². The van der Waals surface area contributed by atoms with Crippen molar-refractivity contribution in [3.05, 3.63) is 44.9 Å². The minimum atomic E-state index is 0.681. The second-order valence-electron chi connectivity index (χ2n) is 6.89. The summed E-state index contributed by atoms with van der Waals surface area (Å²) in [5, 5.41) is 7.85. The summed E-state index contributed by atoms with van der Waals surface area (Å²) in [7, 11) is 1.79. The smallest absolute Gasteiger partial charge is 0.191 e. The van der Waals surface area contributed by atoms with E-state index in [9.17, 15) is 0 Å². The van der Waals surface area contributed by atoms with Gasteiger partial charge in [-0.1, -0.05) is 12.1 Å². The highest BCUT2D eigenvalue weighted by atomic mass is 32.1. The molecule has 0 spiro atoms. The molecule has 3 rings (SSSR count). The van der Waals surface area contributed by atoms with E-state index in [2.05, 4.69) is 45.7 Å². The molecule has 1 fully saturated rings. The van der Waals surface area contributed by atoms with Crippen molar-refractivity contribution in [3.63, 3.8) is 0 Å². The van der Waals surface area contributed by atoms with Crippen LogP contribution in [0.1, 0.15) is 39.5 Å². The number of aromatic nitrogens is 1. The lowest BCUT2D eigenvalue weighted by atomic mass is 10.1. The maximum absolute atomic E-state index is 6.05. The molecule has 26 heavy (non-hydrogen) atoms. The second-order valence-corrected chi connectivity index (χ2v) is 8.17. The molecule has 0 saturated heterocycles. The molecule has 0 atom stereocenters. The van der Waals surface area contributed by atoms with Gasteiger partial charge in [0.1, 0.15) is 5.75 Å². The maximum atomic E-state index is 6.05. The molecular weight excluding hydrogens is 344 g/mol. The Morgan fingerprint density at radius 1 is 1.23 bits per heavy atom. The van der Waals surface area contributed by atoms with Gasteiger partial charge in [-0.25, -0.2) is 4.98 Å². The van der Waals surface area contributed by atoms with Gasteiger partial charge in [-0.2, -0.15) is 0 Å². The van der Waals surface area contributed by atoms with Gasteiger partial charge >= 0.3 is 0 Å². The van der Waals surface area contributed by atoms with E-state index in [-0.39, 0.29) is 0 Å². The molecule has 140 valence electrons. The molecule has 2 N–H and O–H groups in total. The van der Waals surface area contributed by atoms with Crippen LogP contribution in [0, 0.1) is 26.7 Å². The predicted molar refractivity (Wildman–Crippen MR) is 108 cm³/mol. The molecule has 1 aliphatic carbocycles. The van der Waals surface area contributed by atoms with Crippen LogP contribution in [-0.2, 0) is 13.1 Å². The third-order valence-electron chi connectivity index (χ3n) is 4.48. The minimum absolute atomic E-state index is 0.681. The van der Waals surface area contributed by atoms with Crippen molar-refractivity contribution < 1.29 is 4.74 Å². The van der Waals surface area contributed by atoms with Gasteiger partial charge in [0.2, 0.25) is 0 Å². The summed E-state index contributed by atoms with van der Waals surface area (Å²) in [5.74, 6) is 2.51. The number of ether oxygens (including phenoxy) is 1. The van der Waals surface area contributed by atoms with Gasteiger partial charge in [0.25, 0.3) is 0 Å². The van der Waals surface area contributed by atoms with E-state index in [1.54, 1.807) is 18.4 Å². The molecule has 0 amide bonds. The molecule has 1 aromatic carbocycles. The summed E-state index contributed by atoms with van der Waals surface area (Å²) in [6.07, 6.45) is 2.60. The number of hydrogen-bond donors (Lipinski definition) is 2. The molecule has 0 unspecified atom stereocenters. The fraction of sp³-hybridized carbons (Fsp3) is 0.500. The van der Waals surface area contributed by atoms with Gasteiger partial charge < -0.3 is 15.4 Å². The molecule has 0 radical (unpaired) electrons. The van der Waals surface area contributed by atoms with E-state index < -0.39 is 0 Å². The Balaban J connectivity index is 1.56. The number of aryl methyl sites for hydroxylation is 3. The summed E-state index contributed by atoms with van der Waals surface area (Å²) in [6.45, 7) is 8.42. The Morgan fingerprint density at radius 2 is 2.00 bits per heavy atom. The van der Waals surface area contributed by atoms with Gasteiger partial charge in [-0.15, -0.1) is 11.3 Å². The van der Waals surface area contributed by atoms with Gasteiger partial charge in [0, 0.05) is 24.0 Å². The van der Waals surface area contributed by atoms with Gasteiger partial charge in [0.15, 0.2) is 5.96 Å². The molecule has 1 saturated carbocycles. The predicted octanol–water partition coefficient (Wildman–Crippen LogP) is 3.72. The average molecular weight is 373 g/mol. The normalized spacial score (nSPS) is 14.4. The first-order chi connectivity index (χ1) is 12.5. The van der Waals surface area contributed by atoms with Crippen LogP contribution in [-0.4, -0.2) is 24.6 Å². The number of rotatable bonds is 7. The zero-order valence-electron chi connectivity index (χ0n) is 16.1. The molecule has 6 heteroatoms. The molecule has 1 aliphatic rings. The zero-order chi connectivity index (χ0) is 18.5. The molecule has 5 nitrogen and oxygen atoms in total. The quantitative estimate of drug-likeness (QED) is 0.574. The Morgan fingerprint density at radius 3 is 2.65 bits per heavy atom. The Hall–Kier alpha value is -2.08. The summed E-state index contributed by atoms with van der Waals surface area (Å²) in [4.78, 5) is 10.0. The summed E-state index contributed by atoms with van der Waals surface area (Å²) in [6, 6.07) is 6.38. The lowest BCUT2D eigenvalue weighted by Gasteiger charge is -2.15. The van der Waals surface area contributed by atoms with Crippen molar-refractivity contribution in [2.75, 3.05) is 13.7 Å². The average Bonchev–Trinajstić information content (AvgIpc) is 3.38. The van der Waals surface area contributed by atoms with Crippen LogP contribution in [0.4, 0.5) is 0 Å². The first kappa shape index (κ1) is 18.7. The van der Waals surface area contributed by atoms with Crippen molar-refractivity contribution in [3.8, 4) is 5.75 Å². The number of nitrogens with zero attached hydrogens (tertiary/aromatic N) is 2. The minimum Gasteiger partial charge on any atom is -0.493 e. The lowest BCUT2D eigenvalue weighted by molar-refractivity contribution is 0.296. The molecule has 1 aromatic heterocycles. The van der Waals surface area contributed by atoms with E-state index in [0.717, 1.165) is 47.0 Å². The highest BCUT2D eigenvalue weighted by molar-refractivity contribution is 7.11. The summed E-state index contributed by atoms with van der Waals surface area (Å²) < 4.78 is 6.05. The van der Waals surface area contributed by atoms with Crippen molar-refractivity contribution in [1.29, 1.82) is 0 Å². The molecule has 2 aromatic rings. The Labute approximate surface area is 159 Å². The summed E-state index contributed by atoms with van der Waals surface area (Å²) >= 11 is 1.72. The van der Waals surface area contributed by atoms with Crippen LogP contribution in [0.3, 0.4) is 0 Å². The van der Waals surface area contributed by atoms with Crippen LogP contribution in [0.15, 0.2) is 23.2 Å². The number of hydrogen-bond acceptors (Lipinski definition) is 4. The highest BCUT2D eigenvalue weighted by Gasteiger charge is 2.22. The van der Waals surface area contributed by atoms with E-state index in [0.29, 0.717) is 6.54 Å². The fourth-order valence-electron chi connectivity index (χ4n) is 2.74. The largest absolute Gasteiger partial charge is 0.493 e. The highest BCUT2D eigenvalue weighted by Crippen LogP contribution is 2.30. The lowest BCUT2D eigenvalue weighted by Crippen LogP contribution is -2.36. The van der Waals surface area contributed by atoms with E-state index in [1.807, 2.05) is 13.8 Å². The van der Waals surface area contributed by atoms with Crippen LogP contribution in [0.5, 0.6) is 5.75 Å². The van der Waals surface area contributed by atoms with E-state index in [4.69, 9.17) is 4.74 Å². The van der Waals surface area contributed by atoms with Crippen LogP contribution >= 0.6 is 11.3 Å². The maximum Gasteiger partial charge on any atom is 0.191 e. The second kappa shape index (κ2) is 8.54. The molecular formula is C20H28N4OS. The number of benzene rings is 1. The van der Waals surface area contributed by atoms with Crippen molar-refractivity contribution in [1.82, 2.24) is 15.6 Å². The third-order valence-corrected chi connectivity index (χ3v) is 5.55. The molecule has 0 bridgehead atoms. The summed E-state index contributed by atoms with van der Waals surface area (Å²) in [5.41, 5.74) is 3.46. The third kappa shape index (κ3) is 5.21. The zero-order valence-corrected chi connectivity index (χ0v) is 16.9. The number of nitrogens with one attached hydrogen (secondary N) is 2. The van der Waals surface area contributed by atoms with Crippen LogP contribution in [0.2, 0.25) is 0 Å². The monoisotopic (exact) mass is 372 g/mol. The van der Waals surface area contributed by atoms with Crippen molar-refractivity contribution in [2.24, 2.45) is 10.9 Å². The fourth-order valence-corrected chi connectivity index (χ4v) is 3.61. The standard InChI is InChI=1S/C20H28N4OS/c1-13-5-8-17(18(9-13)25-12-16-6-7-16)10-22-20(21-4)23-11-19-14(2)24-15(3)26-19/h5,8-9,16H,6-7,10-12H2,1-4H3,(H2,21,22,23). The van der Waals surface area contributed by atoms with E-state index >= 15 is 0 Å². The number of thiazole rings is 1. The van der Waals surface area contributed by atoms with Crippen molar-refractivity contribution >= 4 is 17.3 Å². The van der Waals surface area contributed by atoms with Gasteiger partial charge in [-0.05, 0) is 51.2 Å². The van der Waals surface area contributed by atoms with Crippen LogP contribution < -0.4 is 15.4 Å². The Bertz CT molecular complexity index is 780. The Kier molecular flexibility index (Phi) is 6.14. The number of aliphatic imine (C=N–C) groups is 1. The molecule has 0 aliphatic heterocycles. The van der Waals surface area contributed by atoms with Gasteiger partial charge in [0.05, 0.1) is 23.9 Å². The first-order valence-electron chi connectivity index (χ1n) is 9.15. The van der Waals surface area contributed by atoms with Crippen molar-refractivity contribution in [2.45, 2.75) is 46.7 Å². The van der Waals surface area contributed by atoms with Gasteiger partial charge in [-0.3, -0.25) is 4.99 Å².